The zero-order chi connectivity index (χ0) is 25.1. The molecule has 0 N–H and O–H groups in total. The first-order valence-electron chi connectivity index (χ1n) is 10.3. The normalized spacial score (nSPS) is 14.3. The third-order valence-electron chi connectivity index (χ3n) is 5.05. The zero-order valence-electron chi connectivity index (χ0n) is 19.5. The summed E-state index contributed by atoms with van der Waals surface area (Å²) in [5, 5.41) is 0.0807. The van der Waals surface area contributed by atoms with E-state index in [2.05, 4.69) is 0 Å². The van der Waals surface area contributed by atoms with Crippen LogP contribution in [0, 0.1) is 11.3 Å². The maximum absolute atomic E-state index is 14.5. The van der Waals surface area contributed by atoms with Crippen LogP contribution in [0.25, 0.3) is 0 Å². The van der Waals surface area contributed by atoms with Crippen LogP contribution in [0.2, 0.25) is 15.1 Å². The lowest BCUT2D eigenvalue weighted by Gasteiger charge is -2.27. The van der Waals surface area contributed by atoms with E-state index in [0.717, 1.165) is 0 Å². The first-order valence-corrected chi connectivity index (χ1v) is 13.3. The van der Waals surface area contributed by atoms with Crippen molar-refractivity contribution >= 4 is 53.0 Å². The molecule has 0 saturated heterocycles. The van der Waals surface area contributed by atoms with Gasteiger partial charge in [-0.15, -0.1) is 0 Å². The molecule has 0 aliphatic rings. The summed E-state index contributed by atoms with van der Waals surface area (Å²) in [6.45, 7) is 7.97. The topological polar surface area (TPSA) is 69.7 Å². The van der Waals surface area contributed by atoms with Gasteiger partial charge in [0.25, 0.3) is 0 Å². The van der Waals surface area contributed by atoms with Crippen LogP contribution in [0.15, 0.2) is 30.3 Å². The van der Waals surface area contributed by atoms with Crippen molar-refractivity contribution in [1.29, 1.82) is 0 Å². The number of carbonyl (C=O) groups excluding carboxylic acids is 2. The predicted molar refractivity (Wildman–Crippen MR) is 135 cm³/mol. The molecule has 0 saturated carbocycles. The molecule has 5 nitrogen and oxygen atoms in total. The molecule has 2 rings (SSSR count). The van der Waals surface area contributed by atoms with E-state index in [9.17, 15) is 14.2 Å². The monoisotopic (exact) mass is 532 g/mol. The molecule has 0 amide bonds. The molecule has 2 atom stereocenters. The number of methoxy groups -OCH3 is 2. The smallest absolute Gasteiger partial charge is 0.236 e. The minimum atomic E-state index is -4.29. The molecule has 0 heterocycles. The summed E-state index contributed by atoms with van der Waals surface area (Å²) in [5.41, 5.74) is -2.11. The van der Waals surface area contributed by atoms with E-state index < -0.39 is 18.2 Å². The lowest BCUT2D eigenvalue weighted by atomic mass is 9.86. The maximum atomic E-state index is 14.5. The number of hydrogen-bond acceptors (Lipinski definition) is 5. The van der Waals surface area contributed by atoms with Crippen molar-refractivity contribution in [2.75, 3.05) is 20.4 Å². The number of carbonyl (C=O) groups is 2. The second kappa shape index (κ2) is 10.8. The van der Waals surface area contributed by atoms with Crippen molar-refractivity contribution in [2.45, 2.75) is 34.1 Å². The Hall–Kier alpha value is -1.52. The fourth-order valence-corrected chi connectivity index (χ4v) is 7.80. The van der Waals surface area contributed by atoms with Crippen molar-refractivity contribution in [3.05, 3.63) is 56.5 Å². The molecule has 9 heteroatoms. The molecule has 0 radical (unpaired) electrons. The number of hydrogen-bond donors (Lipinski definition) is 0. The Morgan fingerprint density at radius 3 is 1.82 bits per heavy atom. The molecule has 0 aliphatic heterocycles. The fourth-order valence-electron chi connectivity index (χ4n) is 3.98. The van der Waals surface area contributed by atoms with Gasteiger partial charge in [0.15, 0.2) is 0 Å². The van der Waals surface area contributed by atoms with Gasteiger partial charge in [0.1, 0.15) is 17.1 Å². The summed E-state index contributed by atoms with van der Waals surface area (Å²) >= 11 is 18.5. The van der Waals surface area contributed by atoms with Gasteiger partial charge in [0.2, 0.25) is 18.2 Å². The Balaban J connectivity index is 2.73. The first kappa shape index (κ1) is 27.7. The van der Waals surface area contributed by atoms with Gasteiger partial charge in [-0.3, -0.25) is 9.59 Å². The number of ether oxygens (including phenoxy) is 2. The van der Waals surface area contributed by atoms with Crippen LogP contribution in [-0.4, -0.2) is 31.4 Å². The van der Waals surface area contributed by atoms with Gasteiger partial charge in [-0.2, -0.15) is 0 Å². The highest BCUT2D eigenvalue weighted by molar-refractivity contribution is 7.95. The van der Waals surface area contributed by atoms with Crippen LogP contribution in [0.4, 0.5) is 0 Å². The Bertz CT molecular complexity index is 1060. The van der Waals surface area contributed by atoms with Crippen molar-refractivity contribution in [2.24, 2.45) is 11.3 Å². The van der Waals surface area contributed by atoms with Crippen molar-refractivity contribution in [3.8, 4) is 11.5 Å². The standard InChI is InChI=1S/C24H28Cl3O5P/c1-14(12-24(2,3)4)13-33(30,22(28)20-16(26)10-15(25)11-17(20)27)23(29)21-18(31-5)8-7-9-19(21)32-6/h7-11,14H,12-13H2,1-6H3. The quantitative estimate of drug-likeness (QED) is 0.305. The summed E-state index contributed by atoms with van der Waals surface area (Å²) in [5.74, 6) is 0.0996. The molecule has 33 heavy (non-hydrogen) atoms. The minimum absolute atomic E-state index is 0.0525. The zero-order valence-corrected chi connectivity index (χ0v) is 22.7. The fraction of sp³-hybridized carbons (Fsp3) is 0.417. The first-order chi connectivity index (χ1) is 15.2. The van der Waals surface area contributed by atoms with Crippen LogP contribution in [0.1, 0.15) is 54.8 Å². The minimum Gasteiger partial charge on any atom is -0.496 e. The highest BCUT2D eigenvalue weighted by atomic mass is 35.5. The van der Waals surface area contributed by atoms with Crippen molar-refractivity contribution < 1.29 is 23.6 Å². The van der Waals surface area contributed by atoms with Gasteiger partial charge in [0, 0.05) is 11.2 Å². The van der Waals surface area contributed by atoms with Gasteiger partial charge in [0.05, 0.1) is 29.8 Å². The summed E-state index contributed by atoms with van der Waals surface area (Å²) in [7, 11) is -1.52. The average Bonchev–Trinajstić information content (AvgIpc) is 2.69. The number of halogens is 3. The lowest BCUT2D eigenvalue weighted by Crippen LogP contribution is -2.21. The number of benzene rings is 2. The van der Waals surface area contributed by atoms with Gasteiger partial charge >= 0.3 is 0 Å². The SMILES string of the molecule is COc1cccc(OC)c1C(=O)P(=O)(CC(C)CC(C)(C)C)C(=O)c1c(Cl)cc(Cl)cc1Cl. The highest BCUT2D eigenvalue weighted by Crippen LogP contribution is 2.57. The van der Waals surface area contributed by atoms with Crippen LogP contribution in [-0.2, 0) is 4.57 Å². The summed E-state index contributed by atoms with van der Waals surface area (Å²) in [6.07, 6.45) is 0.487. The molecular weight excluding hydrogens is 506 g/mol. The predicted octanol–water partition coefficient (Wildman–Crippen LogP) is 8.08. The summed E-state index contributed by atoms with van der Waals surface area (Å²) in [6, 6.07) is 7.39. The van der Waals surface area contributed by atoms with E-state index in [1.807, 2.05) is 27.7 Å². The second-order valence-corrected chi connectivity index (χ2v) is 13.1. The van der Waals surface area contributed by atoms with E-state index in [4.69, 9.17) is 44.3 Å². The molecule has 2 aromatic rings. The van der Waals surface area contributed by atoms with Crippen LogP contribution >= 0.6 is 41.9 Å². The second-order valence-electron chi connectivity index (χ2n) is 9.18. The maximum Gasteiger partial charge on any atom is 0.236 e. The molecule has 0 fully saturated rings. The molecule has 180 valence electrons. The third-order valence-corrected chi connectivity index (χ3v) is 8.76. The van der Waals surface area contributed by atoms with Crippen LogP contribution < -0.4 is 9.47 Å². The Labute approximate surface area is 210 Å². The Morgan fingerprint density at radius 2 is 1.39 bits per heavy atom. The Morgan fingerprint density at radius 1 is 0.939 bits per heavy atom. The van der Waals surface area contributed by atoms with E-state index >= 15 is 0 Å². The van der Waals surface area contributed by atoms with Gasteiger partial charge in [-0.05, 0) is 42.0 Å². The van der Waals surface area contributed by atoms with E-state index in [0.29, 0.717) is 6.42 Å². The molecule has 0 aromatic heterocycles. The van der Waals surface area contributed by atoms with Gasteiger partial charge in [-0.25, -0.2) is 0 Å². The molecule has 0 spiro atoms. The van der Waals surface area contributed by atoms with Crippen LogP contribution in [0.5, 0.6) is 11.5 Å². The molecule has 0 bridgehead atoms. The highest BCUT2D eigenvalue weighted by Gasteiger charge is 2.45. The van der Waals surface area contributed by atoms with E-state index in [1.165, 1.54) is 26.4 Å². The average molecular weight is 534 g/mol. The van der Waals surface area contributed by atoms with Gasteiger partial charge < -0.3 is 14.0 Å². The lowest BCUT2D eigenvalue weighted by molar-refractivity contribution is 0.103. The number of rotatable bonds is 9. The van der Waals surface area contributed by atoms with E-state index in [-0.39, 0.29) is 55.2 Å². The Kier molecular flexibility index (Phi) is 9.09. The van der Waals surface area contributed by atoms with E-state index in [1.54, 1.807) is 18.2 Å². The molecule has 2 unspecified atom stereocenters. The van der Waals surface area contributed by atoms with Crippen molar-refractivity contribution in [1.82, 2.24) is 0 Å². The van der Waals surface area contributed by atoms with Crippen LogP contribution in [0.3, 0.4) is 0 Å². The molecule has 0 aliphatic carbocycles. The largest absolute Gasteiger partial charge is 0.496 e. The van der Waals surface area contributed by atoms with Gasteiger partial charge in [-0.1, -0.05) is 68.6 Å². The molecular formula is C24H28Cl3O5P. The molecule has 2 aromatic carbocycles. The summed E-state index contributed by atoms with van der Waals surface area (Å²) in [4.78, 5) is 27.6. The summed E-state index contributed by atoms with van der Waals surface area (Å²) < 4.78 is 25.1. The third kappa shape index (κ3) is 6.33. The van der Waals surface area contributed by atoms with Crippen molar-refractivity contribution in [3.63, 3.8) is 0 Å².